The predicted molar refractivity (Wildman–Crippen MR) is 67.7 cm³/mol. The van der Waals surface area contributed by atoms with Crippen molar-refractivity contribution in [2.24, 2.45) is 5.92 Å². The molecule has 0 spiro atoms. The van der Waals surface area contributed by atoms with E-state index < -0.39 is 5.97 Å². The van der Waals surface area contributed by atoms with Crippen LogP contribution in [-0.2, 0) is 0 Å². The van der Waals surface area contributed by atoms with Gasteiger partial charge in [-0.05, 0) is 24.1 Å². The Bertz CT molecular complexity index is 575. The Balaban J connectivity index is 2.52. The van der Waals surface area contributed by atoms with Gasteiger partial charge in [-0.25, -0.2) is 9.78 Å². The summed E-state index contributed by atoms with van der Waals surface area (Å²) in [6, 6.07) is 4.78. The summed E-state index contributed by atoms with van der Waals surface area (Å²) in [6.45, 7) is 4.08. The van der Waals surface area contributed by atoms with Crippen LogP contribution in [0.2, 0.25) is 0 Å². The van der Waals surface area contributed by atoms with Crippen LogP contribution in [0.1, 0.15) is 30.2 Å². The number of carboxylic acids is 1. The van der Waals surface area contributed by atoms with Gasteiger partial charge in [-0.2, -0.15) is 0 Å². The van der Waals surface area contributed by atoms with E-state index in [9.17, 15) is 9.90 Å². The summed E-state index contributed by atoms with van der Waals surface area (Å²) < 4.78 is 1.89. The van der Waals surface area contributed by atoms with Gasteiger partial charge in [0.1, 0.15) is 0 Å². The molecule has 96 valence electrons. The van der Waals surface area contributed by atoms with Crippen molar-refractivity contribution in [2.45, 2.75) is 19.9 Å². The number of fused-ring (bicyclic) bond motifs is 1. The number of carbonyl (C=O) groups is 1. The van der Waals surface area contributed by atoms with Crippen molar-refractivity contribution >= 4 is 17.0 Å². The van der Waals surface area contributed by atoms with Gasteiger partial charge in [-0.15, -0.1) is 0 Å². The lowest BCUT2D eigenvalue weighted by molar-refractivity contribution is 0.0697. The minimum absolute atomic E-state index is 0.0316. The Labute approximate surface area is 105 Å². The zero-order chi connectivity index (χ0) is 13.3. The molecule has 1 aromatic heterocycles. The van der Waals surface area contributed by atoms with Crippen molar-refractivity contribution in [3.63, 3.8) is 0 Å². The van der Waals surface area contributed by atoms with Crippen LogP contribution < -0.4 is 0 Å². The Hall–Kier alpha value is -1.88. The Kier molecular flexibility index (Phi) is 3.34. The van der Waals surface area contributed by atoms with Crippen LogP contribution in [0.3, 0.4) is 0 Å². The number of imidazole rings is 1. The molecule has 5 heteroatoms. The van der Waals surface area contributed by atoms with Crippen molar-refractivity contribution in [3.8, 4) is 0 Å². The summed E-state index contributed by atoms with van der Waals surface area (Å²) in [5, 5.41) is 18.3. The van der Waals surface area contributed by atoms with Crippen LogP contribution in [0, 0.1) is 5.92 Å². The molecule has 0 bridgehead atoms. The van der Waals surface area contributed by atoms with Crippen LogP contribution in [0.25, 0.3) is 11.0 Å². The molecule has 2 aromatic rings. The normalized spacial score (nSPS) is 13.1. The zero-order valence-corrected chi connectivity index (χ0v) is 10.4. The summed E-state index contributed by atoms with van der Waals surface area (Å²) in [6.07, 6.45) is 1.65. The molecule has 0 saturated carbocycles. The fraction of sp³-hybridized carbons (Fsp3) is 0.385. The second-order valence-electron chi connectivity index (χ2n) is 4.65. The number of carboxylic acid groups (broad SMARTS) is 1. The molecule has 0 amide bonds. The third-order valence-corrected chi connectivity index (χ3v) is 3.14. The summed E-state index contributed by atoms with van der Waals surface area (Å²) in [5.74, 6) is -0.694. The SMILES string of the molecule is CC(C)C(CO)n1cnc2cc(C(=O)O)ccc21. The quantitative estimate of drug-likeness (QED) is 0.866. The highest BCUT2D eigenvalue weighted by Crippen LogP contribution is 2.23. The molecule has 0 radical (unpaired) electrons. The Morgan fingerprint density at radius 3 is 2.72 bits per heavy atom. The van der Waals surface area contributed by atoms with E-state index in [-0.39, 0.29) is 24.1 Å². The van der Waals surface area contributed by atoms with E-state index in [1.54, 1.807) is 24.5 Å². The third-order valence-electron chi connectivity index (χ3n) is 3.14. The smallest absolute Gasteiger partial charge is 0.335 e. The first kappa shape index (κ1) is 12.6. The lowest BCUT2D eigenvalue weighted by atomic mass is 10.0. The number of aliphatic hydroxyl groups is 1. The number of hydrogen-bond acceptors (Lipinski definition) is 3. The van der Waals surface area contributed by atoms with Crippen molar-refractivity contribution in [1.82, 2.24) is 9.55 Å². The second-order valence-corrected chi connectivity index (χ2v) is 4.65. The minimum Gasteiger partial charge on any atom is -0.478 e. The molecule has 0 aliphatic heterocycles. The average molecular weight is 248 g/mol. The van der Waals surface area contributed by atoms with Gasteiger partial charge in [0.2, 0.25) is 0 Å². The standard InChI is InChI=1S/C13H16N2O3/c1-8(2)12(6-16)15-7-14-10-5-9(13(17)18)3-4-11(10)15/h3-5,7-8,12,16H,6H2,1-2H3,(H,17,18). The van der Waals surface area contributed by atoms with E-state index in [0.717, 1.165) is 5.52 Å². The lowest BCUT2D eigenvalue weighted by Gasteiger charge is -2.20. The van der Waals surface area contributed by atoms with Gasteiger partial charge in [-0.1, -0.05) is 13.8 Å². The number of hydrogen-bond donors (Lipinski definition) is 2. The maximum absolute atomic E-state index is 10.9. The molecule has 1 atom stereocenters. The number of benzene rings is 1. The van der Waals surface area contributed by atoms with Gasteiger partial charge in [-0.3, -0.25) is 0 Å². The summed E-state index contributed by atoms with van der Waals surface area (Å²) >= 11 is 0. The molecule has 1 aromatic carbocycles. The largest absolute Gasteiger partial charge is 0.478 e. The highest BCUT2D eigenvalue weighted by Gasteiger charge is 2.17. The number of nitrogens with zero attached hydrogens (tertiary/aromatic N) is 2. The van der Waals surface area contributed by atoms with Gasteiger partial charge in [0.05, 0.1) is 35.6 Å². The first-order chi connectivity index (χ1) is 8.54. The highest BCUT2D eigenvalue weighted by molar-refractivity contribution is 5.92. The van der Waals surface area contributed by atoms with Crippen LogP contribution in [0.5, 0.6) is 0 Å². The maximum atomic E-state index is 10.9. The first-order valence-corrected chi connectivity index (χ1v) is 5.85. The molecule has 2 rings (SSSR count). The molecule has 1 unspecified atom stereocenters. The molecule has 0 fully saturated rings. The maximum Gasteiger partial charge on any atom is 0.335 e. The molecular weight excluding hydrogens is 232 g/mol. The number of rotatable bonds is 4. The molecule has 18 heavy (non-hydrogen) atoms. The number of aromatic nitrogens is 2. The molecule has 5 nitrogen and oxygen atoms in total. The second kappa shape index (κ2) is 4.78. The number of aliphatic hydroxyl groups excluding tert-OH is 1. The number of aromatic carboxylic acids is 1. The van der Waals surface area contributed by atoms with Gasteiger partial charge >= 0.3 is 5.97 Å². The first-order valence-electron chi connectivity index (χ1n) is 5.85. The summed E-state index contributed by atoms with van der Waals surface area (Å²) in [7, 11) is 0. The average Bonchev–Trinajstić information content (AvgIpc) is 2.73. The van der Waals surface area contributed by atoms with Gasteiger partial charge < -0.3 is 14.8 Å². The van der Waals surface area contributed by atoms with E-state index in [0.29, 0.717) is 5.52 Å². The fourth-order valence-electron chi connectivity index (χ4n) is 2.05. The van der Waals surface area contributed by atoms with Crippen molar-refractivity contribution in [3.05, 3.63) is 30.1 Å². The van der Waals surface area contributed by atoms with Crippen molar-refractivity contribution in [1.29, 1.82) is 0 Å². The molecule has 1 heterocycles. The molecule has 0 aliphatic carbocycles. The fourth-order valence-corrected chi connectivity index (χ4v) is 2.05. The van der Waals surface area contributed by atoms with E-state index in [4.69, 9.17) is 5.11 Å². The summed E-state index contributed by atoms with van der Waals surface area (Å²) in [5.41, 5.74) is 1.69. The molecule has 0 saturated heterocycles. The van der Waals surface area contributed by atoms with Gasteiger partial charge in [0.15, 0.2) is 0 Å². The van der Waals surface area contributed by atoms with Crippen molar-refractivity contribution < 1.29 is 15.0 Å². The third kappa shape index (κ3) is 2.09. The van der Waals surface area contributed by atoms with Crippen molar-refractivity contribution in [2.75, 3.05) is 6.61 Å². The van der Waals surface area contributed by atoms with E-state index in [1.165, 1.54) is 0 Å². The minimum atomic E-state index is -0.964. The van der Waals surface area contributed by atoms with Crippen LogP contribution in [0.4, 0.5) is 0 Å². The van der Waals surface area contributed by atoms with E-state index in [1.807, 2.05) is 18.4 Å². The van der Waals surface area contributed by atoms with Crippen LogP contribution in [-0.4, -0.2) is 32.3 Å². The van der Waals surface area contributed by atoms with Gasteiger partial charge in [0, 0.05) is 0 Å². The lowest BCUT2D eigenvalue weighted by Crippen LogP contribution is -2.18. The van der Waals surface area contributed by atoms with E-state index in [2.05, 4.69) is 4.98 Å². The predicted octanol–water partition coefficient (Wildman–Crippen LogP) is 1.92. The topological polar surface area (TPSA) is 75.3 Å². The Morgan fingerprint density at radius 1 is 1.44 bits per heavy atom. The highest BCUT2D eigenvalue weighted by atomic mass is 16.4. The van der Waals surface area contributed by atoms with Crippen LogP contribution in [0.15, 0.2) is 24.5 Å². The van der Waals surface area contributed by atoms with Crippen LogP contribution >= 0.6 is 0 Å². The van der Waals surface area contributed by atoms with Gasteiger partial charge in [0.25, 0.3) is 0 Å². The van der Waals surface area contributed by atoms with E-state index >= 15 is 0 Å². The monoisotopic (exact) mass is 248 g/mol. The summed E-state index contributed by atoms with van der Waals surface area (Å²) in [4.78, 5) is 15.1. The molecule has 2 N–H and O–H groups in total. The Morgan fingerprint density at radius 2 is 2.17 bits per heavy atom. The molecule has 0 aliphatic rings. The molecular formula is C13H16N2O3. The zero-order valence-electron chi connectivity index (χ0n) is 10.4.